The number of hydrogen-bond acceptors (Lipinski definition) is 3. The Kier molecular flexibility index (Phi) is 5.68. The first-order valence-electron chi connectivity index (χ1n) is 8.90. The van der Waals surface area contributed by atoms with E-state index in [0.29, 0.717) is 16.8 Å². The molecular weight excluding hydrogens is 360 g/mol. The van der Waals surface area contributed by atoms with Crippen LogP contribution in [0.2, 0.25) is 0 Å². The number of rotatable bonds is 5. The Morgan fingerprint density at radius 3 is 2.64 bits per heavy atom. The van der Waals surface area contributed by atoms with E-state index in [1.54, 1.807) is 25.1 Å². The van der Waals surface area contributed by atoms with Gasteiger partial charge in [-0.15, -0.1) is 0 Å². The highest BCUT2D eigenvalue weighted by Crippen LogP contribution is 2.24. The first-order valence-corrected chi connectivity index (χ1v) is 8.90. The summed E-state index contributed by atoms with van der Waals surface area (Å²) in [6.45, 7) is 3.77. The fourth-order valence-corrected chi connectivity index (χ4v) is 2.91. The van der Waals surface area contributed by atoms with Gasteiger partial charge in [-0.2, -0.15) is 0 Å². The fourth-order valence-electron chi connectivity index (χ4n) is 2.91. The van der Waals surface area contributed by atoms with Crippen LogP contribution in [0.3, 0.4) is 0 Å². The van der Waals surface area contributed by atoms with Crippen molar-refractivity contribution < 1.29 is 13.6 Å². The van der Waals surface area contributed by atoms with E-state index in [1.165, 1.54) is 24.3 Å². The molecule has 3 rings (SSSR count). The zero-order valence-electron chi connectivity index (χ0n) is 15.7. The Bertz CT molecular complexity index is 1020. The van der Waals surface area contributed by atoms with Gasteiger partial charge in [-0.1, -0.05) is 24.3 Å². The van der Waals surface area contributed by atoms with E-state index in [-0.39, 0.29) is 24.0 Å². The van der Waals surface area contributed by atoms with Crippen LogP contribution in [0.25, 0.3) is 11.3 Å². The summed E-state index contributed by atoms with van der Waals surface area (Å²) < 4.78 is 27.3. The van der Waals surface area contributed by atoms with Crippen molar-refractivity contribution in [3.8, 4) is 11.3 Å². The molecule has 1 heterocycles. The third kappa shape index (κ3) is 4.34. The minimum absolute atomic E-state index is 0.0434. The predicted molar refractivity (Wildman–Crippen MR) is 105 cm³/mol. The summed E-state index contributed by atoms with van der Waals surface area (Å²) in [4.78, 5) is 17.0. The summed E-state index contributed by atoms with van der Waals surface area (Å²) in [5, 5.41) is 2.85. The maximum atomic E-state index is 13.7. The summed E-state index contributed by atoms with van der Waals surface area (Å²) in [6.07, 6.45) is 0. The fraction of sp³-hybridized carbons (Fsp3) is 0.182. The van der Waals surface area contributed by atoms with Crippen LogP contribution >= 0.6 is 0 Å². The summed E-state index contributed by atoms with van der Waals surface area (Å²) >= 11 is 0. The summed E-state index contributed by atoms with van der Waals surface area (Å²) in [6, 6.07) is 14.2. The largest absolute Gasteiger partial charge is 0.396 e. The van der Waals surface area contributed by atoms with E-state index in [2.05, 4.69) is 10.3 Å². The lowest BCUT2D eigenvalue weighted by atomic mass is 9.99. The molecule has 1 unspecified atom stereocenters. The first-order chi connectivity index (χ1) is 13.3. The molecule has 0 aliphatic rings. The standard InChI is InChI=1S/C22H21F2N3O/c1-13-6-7-17(21(27-13)16-4-3-5-18(23)10-16)12-26-22(28)14(2)15-8-9-20(25)19(24)11-15/h3-11,14H,12,25H2,1-2H3,(H,26,28). The van der Waals surface area contributed by atoms with Crippen molar-refractivity contribution >= 4 is 11.6 Å². The normalized spacial score (nSPS) is 11.9. The number of carbonyl (C=O) groups excluding carboxylic acids is 1. The molecule has 0 fully saturated rings. The quantitative estimate of drug-likeness (QED) is 0.646. The highest BCUT2D eigenvalue weighted by atomic mass is 19.1. The molecule has 0 aliphatic heterocycles. The number of hydrogen-bond donors (Lipinski definition) is 2. The van der Waals surface area contributed by atoms with Gasteiger partial charge in [0, 0.05) is 17.8 Å². The van der Waals surface area contributed by atoms with Crippen LogP contribution in [0.4, 0.5) is 14.5 Å². The Morgan fingerprint density at radius 1 is 1.14 bits per heavy atom. The van der Waals surface area contributed by atoms with Gasteiger partial charge in [0.1, 0.15) is 11.6 Å². The average Bonchev–Trinajstić information content (AvgIpc) is 2.68. The van der Waals surface area contributed by atoms with E-state index >= 15 is 0 Å². The SMILES string of the molecule is Cc1ccc(CNC(=O)C(C)c2ccc(N)c(F)c2)c(-c2cccc(F)c2)n1. The number of nitrogen functional groups attached to an aromatic ring is 1. The molecule has 0 saturated carbocycles. The highest BCUT2D eigenvalue weighted by molar-refractivity contribution is 5.83. The zero-order chi connectivity index (χ0) is 20.3. The summed E-state index contributed by atoms with van der Waals surface area (Å²) in [7, 11) is 0. The van der Waals surface area contributed by atoms with Crippen molar-refractivity contribution in [2.24, 2.45) is 0 Å². The molecule has 28 heavy (non-hydrogen) atoms. The zero-order valence-corrected chi connectivity index (χ0v) is 15.7. The van der Waals surface area contributed by atoms with Crippen LogP contribution in [0, 0.1) is 18.6 Å². The van der Waals surface area contributed by atoms with Gasteiger partial charge >= 0.3 is 0 Å². The molecule has 3 aromatic rings. The smallest absolute Gasteiger partial charge is 0.227 e. The number of amides is 1. The maximum Gasteiger partial charge on any atom is 0.227 e. The Balaban J connectivity index is 1.79. The number of anilines is 1. The molecule has 6 heteroatoms. The topological polar surface area (TPSA) is 68.0 Å². The van der Waals surface area contributed by atoms with Gasteiger partial charge < -0.3 is 11.1 Å². The highest BCUT2D eigenvalue weighted by Gasteiger charge is 2.17. The average molecular weight is 381 g/mol. The molecule has 0 saturated heterocycles. The van der Waals surface area contributed by atoms with E-state index in [4.69, 9.17) is 5.73 Å². The lowest BCUT2D eigenvalue weighted by Crippen LogP contribution is -2.28. The lowest BCUT2D eigenvalue weighted by molar-refractivity contribution is -0.122. The second-order valence-corrected chi connectivity index (χ2v) is 6.69. The van der Waals surface area contributed by atoms with E-state index in [0.717, 1.165) is 11.3 Å². The van der Waals surface area contributed by atoms with Crippen molar-refractivity contribution in [3.05, 3.63) is 83.1 Å². The third-order valence-corrected chi connectivity index (χ3v) is 4.59. The van der Waals surface area contributed by atoms with Crippen molar-refractivity contribution in [1.82, 2.24) is 10.3 Å². The number of aryl methyl sites for hydroxylation is 1. The number of halogens is 2. The monoisotopic (exact) mass is 381 g/mol. The Hall–Kier alpha value is -3.28. The van der Waals surface area contributed by atoms with Gasteiger partial charge in [0.15, 0.2) is 0 Å². The number of nitrogens with two attached hydrogens (primary N) is 1. The second kappa shape index (κ2) is 8.17. The van der Waals surface area contributed by atoms with Crippen LogP contribution < -0.4 is 11.1 Å². The van der Waals surface area contributed by atoms with Gasteiger partial charge in [-0.05, 0) is 55.3 Å². The predicted octanol–water partition coefficient (Wildman–Crippen LogP) is 4.34. The van der Waals surface area contributed by atoms with E-state index in [9.17, 15) is 13.6 Å². The molecule has 0 aliphatic carbocycles. The number of carbonyl (C=O) groups is 1. The van der Waals surface area contributed by atoms with E-state index < -0.39 is 11.7 Å². The minimum Gasteiger partial charge on any atom is -0.396 e. The lowest BCUT2D eigenvalue weighted by Gasteiger charge is -2.15. The molecule has 1 aromatic heterocycles. The second-order valence-electron chi connectivity index (χ2n) is 6.69. The van der Waals surface area contributed by atoms with Crippen LogP contribution in [0.5, 0.6) is 0 Å². The van der Waals surface area contributed by atoms with Crippen LogP contribution in [-0.2, 0) is 11.3 Å². The van der Waals surface area contributed by atoms with Gasteiger partial charge in [-0.25, -0.2) is 8.78 Å². The number of aromatic nitrogens is 1. The molecule has 0 spiro atoms. The molecule has 144 valence electrons. The van der Waals surface area contributed by atoms with Crippen molar-refractivity contribution in [1.29, 1.82) is 0 Å². The van der Waals surface area contributed by atoms with Crippen molar-refractivity contribution in [2.75, 3.05) is 5.73 Å². The number of benzene rings is 2. The van der Waals surface area contributed by atoms with Crippen LogP contribution in [0.1, 0.15) is 29.7 Å². The van der Waals surface area contributed by atoms with Crippen LogP contribution in [0.15, 0.2) is 54.6 Å². The third-order valence-electron chi connectivity index (χ3n) is 4.59. The number of pyridine rings is 1. The van der Waals surface area contributed by atoms with Crippen molar-refractivity contribution in [3.63, 3.8) is 0 Å². The van der Waals surface area contributed by atoms with Crippen LogP contribution in [-0.4, -0.2) is 10.9 Å². The molecular formula is C22H21F2N3O. The molecule has 0 bridgehead atoms. The maximum absolute atomic E-state index is 13.7. The molecule has 4 nitrogen and oxygen atoms in total. The Morgan fingerprint density at radius 2 is 1.93 bits per heavy atom. The van der Waals surface area contributed by atoms with Crippen molar-refractivity contribution in [2.45, 2.75) is 26.3 Å². The number of nitrogens with zero attached hydrogens (tertiary/aromatic N) is 1. The van der Waals surface area contributed by atoms with Gasteiger partial charge in [0.05, 0.1) is 17.3 Å². The molecule has 2 aromatic carbocycles. The van der Waals surface area contributed by atoms with Gasteiger partial charge in [0.25, 0.3) is 0 Å². The first kappa shape index (κ1) is 19.5. The molecule has 3 N–H and O–H groups in total. The summed E-state index contributed by atoms with van der Waals surface area (Å²) in [5.74, 6) is -1.70. The Labute approximate surface area is 162 Å². The molecule has 0 radical (unpaired) electrons. The van der Waals surface area contributed by atoms with Gasteiger partial charge in [0.2, 0.25) is 5.91 Å². The van der Waals surface area contributed by atoms with E-state index in [1.807, 2.05) is 19.1 Å². The molecule has 1 amide bonds. The molecule has 1 atom stereocenters. The number of nitrogens with one attached hydrogen (secondary N) is 1. The van der Waals surface area contributed by atoms with Gasteiger partial charge in [-0.3, -0.25) is 9.78 Å². The minimum atomic E-state index is -0.550. The summed E-state index contributed by atoms with van der Waals surface area (Å²) in [5.41, 5.74) is 8.88.